The van der Waals surface area contributed by atoms with Crippen LogP contribution < -0.4 is 4.74 Å². The van der Waals surface area contributed by atoms with Crippen molar-refractivity contribution in [3.63, 3.8) is 0 Å². The molecule has 26 heavy (non-hydrogen) atoms. The minimum Gasteiger partial charge on any atom is -0.474 e. The zero-order valence-corrected chi connectivity index (χ0v) is 14.9. The highest BCUT2D eigenvalue weighted by molar-refractivity contribution is 7.13. The number of nitrogens with zero attached hydrogens (tertiary/aromatic N) is 4. The van der Waals surface area contributed by atoms with Gasteiger partial charge in [0.15, 0.2) is 0 Å². The molecule has 0 atom stereocenters. The highest BCUT2D eigenvalue weighted by atomic mass is 32.1. The Bertz CT molecular complexity index is 862. The molecular weight excluding hydrogens is 348 g/mol. The lowest BCUT2D eigenvalue weighted by Crippen LogP contribution is -2.42. The number of benzene rings is 1. The minimum absolute atomic E-state index is 0.0103. The van der Waals surface area contributed by atoms with Crippen LogP contribution >= 0.6 is 11.3 Å². The highest BCUT2D eigenvalue weighted by Crippen LogP contribution is 2.25. The number of ether oxygens (including phenoxy) is 1. The molecule has 0 aliphatic carbocycles. The molecule has 0 bridgehead atoms. The van der Waals surface area contributed by atoms with E-state index in [9.17, 15) is 4.79 Å². The van der Waals surface area contributed by atoms with Crippen molar-refractivity contribution in [2.24, 2.45) is 0 Å². The lowest BCUT2D eigenvalue weighted by Gasteiger charge is -2.31. The molecule has 1 fully saturated rings. The van der Waals surface area contributed by atoms with Crippen LogP contribution in [0, 0.1) is 0 Å². The van der Waals surface area contributed by atoms with Crippen molar-refractivity contribution < 1.29 is 9.53 Å². The summed E-state index contributed by atoms with van der Waals surface area (Å²) >= 11 is 1.50. The molecule has 132 valence electrons. The molecule has 1 amide bonds. The first-order valence-electron chi connectivity index (χ1n) is 8.52. The van der Waals surface area contributed by atoms with Gasteiger partial charge in [0.05, 0.1) is 0 Å². The Kier molecular flexibility index (Phi) is 4.88. The number of likely N-dealkylation sites (tertiary alicyclic amines) is 1. The minimum atomic E-state index is -0.0103. The van der Waals surface area contributed by atoms with Crippen molar-refractivity contribution >= 4 is 17.2 Å². The monoisotopic (exact) mass is 366 g/mol. The predicted octanol–water partition coefficient (Wildman–Crippen LogP) is 3.28. The van der Waals surface area contributed by atoms with Crippen LogP contribution in [0.25, 0.3) is 10.6 Å². The third-order valence-electron chi connectivity index (χ3n) is 4.32. The molecule has 7 heteroatoms. The average molecular weight is 366 g/mol. The zero-order valence-electron chi connectivity index (χ0n) is 14.1. The number of carbonyl (C=O) groups is 1. The lowest BCUT2D eigenvalue weighted by atomic mass is 10.1. The number of carbonyl (C=O) groups excluding carboxylic acids is 1. The summed E-state index contributed by atoms with van der Waals surface area (Å²) in [5.74, 6) is 0.570. The summed E-state index contributed by atoms with van der Waals surface area (Å²) < 4.78 is 5.85. The summed E-state index contributed by atoms with van der Waals surface area (Å²) in [6, 6.07) is 11.7. The molecule has 1 aliphatic rings. The van der Waals surface area contributed by atoms with Gasteiger partial charge in [-0.3, -0.25) is 4.79 Å². The average Bonchev–Trinajstić information content (AvgIpc) is 3.20. The molecule has 3 heterocycles. The van der Waals surface area contributed by atoms with Crippen LogP contribution in [0.3, 0.4) is 0 Å². The zero-order chi connectivity index (χ0) is 17.8. The lowest BCUT2D eigenvalue weighted by molar-refractivity contribution is 0.0583. The van der Waals surface area contributed by atoms with E-state index in [0.717, 1.165) is 23.4 Å². The van der Waals surface area contributed by atoms with E-state index in [0.29, 0.717) is 24.7 Å². The quantitative estimate of drug-likeness (QED) is 0.709. The summed E-state index contributed by atoms with van der Waals surface area (Å²) in [7, 11) is 0. The van der Waals surface area contributed by atoms with Gasteiger partial charge in [-0.15, -0.1) is 11.3 Å². The second kappa shape index (κ2) is 7.61. The molecule has 1 aromatic carbocycles. The van der Waals surface area contributed by atoms with Crippen LogP contribution in [-0.4, -0.2) is 45.0 Å². The van der Waals surface area contributed by atoms with Gasteiger partial charge in [0.25, 0.3) is 5.91 Å². The van der Waals surface area contributed by atoms with Crippen LogP contribution in [0.4, 0.5) is 0 Å². The molecule has 0 saturated carbocycles. The Hall–Kier alpha value is -2.80. The topological polar surface area (TPSA) is 68.2 Å². The number of hydrogen-bond donors (Lipinski definition) is 0. The molecule has 1 aliphatic heterocycles. The molecule has 1 saturated heterocycles. The first kappa shape index (κ1) is 16.7. The van der Waals surface area contributed by atoms with Gasteiger partial charge < -0.3 is 9.64 Å². The molecule has 3 aromatic rings. The van der Waals surface area contributed by atoms with Crippen LogP contribution in [0.15, 0.2) is 54.3 Å². The maximum atomic E-state index is 12.7. The van der Waals surface area contributed by atoms with Crippen molar-refractivity contribution in [1.29, 1.82) is 0 Å². The van der Waals surface area contributed by atoms with Gasteiger partial charge in [0.2, 0.25) is 5.88 Å². The highest BCUT2D eigenvalue weighted by Gasteiger charge is 2.26. The van der Waals surface area contributed by atoms with E-state index < -0.39 is 0 Å². The molecule has 0 unspecified atom stereocenters. The number of aromatic nitrogens is 3. The van der Waals surface area contributed by atoms with Crippen molar-refractivity contribution in [1.82, 2.24) is 19.9 Å². The van der Waals surface area contributed by atoms with Crippen LogP contribution in [0.2, 0.25) is 0 Å². The van der Waals surface area contributed by atoms with E-state index >= 15 is 0 Å². The molecule has 4 rings (SSSR count). The third-order valence-corrected chi connectivity index (χ3v) is 5.21. The molecular formula is C19H18N4O2S. The van der Waals surface area contributed by atoms with E-state index in [4.69, 9.17) is 4.74 Å². The Morgan fingerprint density at radius 2 is 1.96 bits per heavy atom. The number of rotatable bonds is 4. The van der Waals surface area contributed by atoms with Gasteiger partial charge in [0, 0.05) is 49.1 Å². The van der Waals surface area contributed by atoms with Crippen LogP contribution in [0.5, 0.6) is 5.88 Å². The molecule has 2 aromatic heterocycles. The van der Waals surface area contributed by atoms with Gasteiger partial charge in [-0.1, -0.05) is 30.3 Å². The number of thiazole rings is 1. The first-order valence-corrected chi connectivity index (χ1v) is 9.40. The van der Waals surface area contributed by atoms with Crippen molar-refractivity contribution in [2.45, 2.75) is 18.9 Å². The Balaban J connectivity index is 1.36. The summed E-state index contributed by atoms with van der Waals surface area (Å²) in [5, 5.41) is 2.71. The van der Waals surface area contributed by atoms with Crippen molar-refractivity contribution in [3.05, 3.63) is 60.0 Å². The van der Waals surface area contributed by atoms with Crippen LogP contribution in [-0.2, 0) is 0 Å². The molecule has 0 radical (unpaired) electrons. The van der Waals surface area contributed by atoms with Gasteiger partial charge in [-0.2, -0.15) is 0 Å². The number of piperidine rings is 1. The predicted molar refractivity (Wildman–Crippen MR) is 99.1 cm³/mol. The fourth-order valence-electron chi connectivity index (χ4n) is 2.94. The molecule has 6 nitrogen and oxygen atoms in total. The second-order valence-electron chi connectivity index (χ2n) is 6.06. The van der Waals surface area contributed by atoms with E-state index in [1.807, 2.05) is 40.6 Å². The normalized spacial score (nSPS) is 15.0. The van der Waals surface area contributed by atoms with Crippen molar-refractivity contribution in [2.75, 3.05) is 13.1 Å². The van der Waals surface area contributed by atoms with E-state index in [-0.39, 0.29) is 12.0 Å². The van der Waals surface area contributed by atoms with Crippen LogP contribution in [0.1, 0.15) is 23.3 Å². The summed E-state index contributed by atoms with van der Waals surface area (Å²) in [6.07, 6.45) is 4.77. The maximum Gasteiger partial charge on any atom is 0.273 e. The summed E-state index contributed by atoms with van der Waals surface area (Å²) in [6.45, 7) is 1.32. The Labute approximate surface area is 155 Å². The Morgan fingerprint density at radius 3 is 2.69 bits per heavy atom. The largest absolute Gasteiger partial charge is 0.474 e. The fraction of sp³-hybridized carbons (Fsp3) is 0.263. The van der Waals surface area contributed by atoms with E-state index in [1.165, 1.54) is 17.7 Å². The number of hydrogen-bond acceptors (Lipinski definition) is 6. The van der Waals surface area contributed by atoms with Crippen molar-refractivity contribution in [3.8, 4) is 16.5 Å². The van der Waals surface area contributed by atoms with Gasteiger partial charge in [-0.25, -0.2) is 15.0 Å². The van der Waals surface area contributed by atoms with Gasteiger partial charge in [-0.05, 0) is 0 Å². The fourth-order valence-corrected chi connectivity index (χ4v) is 3.74. The molecule has 0 N–H and O–H groups in total. The summed E-state index contributed by atoms with van der Waals surface area (Å²) in [4.78, 5) is 27.1. The third kappa shape index (κ3) is 3.72. The van der Waals surface area contributed by atoms with E-state index in [2.05, 4.69) is 15.0 Å². The second-order valence-corrected chi connectivity index (χ2v) is 6.92. The molecule has 0 spiro atoms. The summed E-state index contributed by atoms with van der Waals surface area (Å²) in [5.41, 5.74) is 1.55. The standard InChI is InChI=1S/C19H18N4O2S/c24-19(16-12-26-18(22-16)14-4-2-1-3-5-14)23-10-7-15(8-11-23)25-17-6-9-20-13-21-17/h1-6,9,12-13,15H,7-8,10-11H2. The SMILES string of the molecule is O=C(c1csc(-c2ccccc2)n1)N1CCC(Oc2ccncn2)CC1. The van der Waals surface area contributed by atoms with Gasteiger partial charge in [0.1, 0.15) is 23.1 Å². The van der Waals surface area contributed by atoms with Gasteiger partial charge >= 0.3 is 0 Å². The smallest absolute Gasteiger partial charge is 0.273 e. The number of amides is 1. The first-order chi connectivity index (χ1) is 12.8. The maximum absolute atomic E-state index is 12.7. The Morgan fingerprint density at radius 1 is 1.15 bits per heavy atom. The van der Waals surface area contributed by atoms with E-state index in [1.54, 1.807) is 12.3 Å².